The van der Waals surface area contributed by atoms with Gasteiger partial charge in [0.25, 0.3) is 0 Å². The Kier molecular flexibility index (Phi) is 5.03. The average molecular weight is 433 g/mol. The van der Waals surface area contributed by atoms with Crippen LogP contribution in [-0.4, -0.2) is 74.7 Å². The number of phenolic OH excluding ortho intramolecular Hbond substituents is 1. The summed E-state index contributed by atoms with van der Waals surface area (Å²) in [7, 11) is 1.93. The summed E-state index contributed by atoms with van der Waals surface area (Å²) in [4.78, 5) is 25.2. The zero-order chi connectivity index (χ0) is 22.7. The summed E-state index contributed by atoms with van der Waals surface area (Å²) in [6.07, 6.45) is -1.21. The van der Waals surface area contributed by atoms with E-state index >= 15 is 0 Å². The number of rotatable bonds is 4. The van der Waals surface area contributed by atoms with E-state index in [4.69, 9.17) is 14.6 Å². The van der Waals surface area contributed by atoms with Crippen LogP contribution in [0.25, 0.3) is 0 Å². The summed E-state index contributed by atoms with van der Waals surface area (Å²) in [6.45, 7) is 4.47. The Hall–Kier alpha value is -2.62. The first-order valence-corrected chi connectivity index (χ1v) is 10.3. The molecule has 4 N–H and O–H groups in total. The van der Waals surface area contributed by atoms with Crippen molar-refractivity contribution in [1.82, 2.24) is 4.90 Å². The average Bonchev–Trinajstić information content (AvgIpc) is 3.08. The number of aromatic hydroxyl groups is 1. The Morgan fingerprint density at radius 3 is 2.77 bits per heavy atom. The van der Waals surface area contributed by atoms with Gasteiger partial charge in [-0.15, -0.1) is 0 Å². The van der Waals surface area contributed by atoms with Gasteiger partial charge in [-0.3, -0.25) is 4.79 Å². The summed E-state index contributed by atoms with van der Waals surface area (Å²) in [6, 6.07) is 3.05. The number of carboxylic acid groups (broad SMARTS) is 1. The van der Waals surface area contributed by atoms with Crippen molar-refractivity contribution in [3.63, 3.8) is 0 Å². The maximum absolute atomic E-state index is 12.3. The number of likely N-dealkylation sites (tertiary alicyclic amines) is 1. The van der Waals surface area contributed by atoms with E-state index in [1.807, 2.05) is 20.9 Å². The Morgan fingerprint density at radius 1 is 1.39 bits per heavy atom. The normalized spacial score (nSPS) is 32.7. The molecule has 1 spiro atoms. The van der Waals surface area contributed by atoms with Crippen LogP contribution in [0.15, 0.2) is 24.0 Å². The summed E-state index contributed by atoms with van der Waals surface area (Å²) < 4.78 is 11.6. The molecule has 31 heavy (non-hydrogen) atoms. The number of carbonyl (C=O) groups is 2. The molecule has 3 aliphatic rings. The molecule has 1 fully saturated rings. The maximum atomic E-state index is 12.3. The summed E-state index contributed by atoms with van der Waals surface area (Å²) in [5.74, 6) is -2.09. The van der Waals surface area contributed by atoms with Gasteiger partial charge in [0.05, 0.1) is 17.4 Å². The van der Waals surface area contributed by atoms with Crippen molar-refractivity contribution in [3.8, 4) is 11.5 Å². The molecule has 9 heteroatoms. The number of nitrogens with zero attached hydrogens (tertiary/aromatic N) is 1. The van der Waals surface area contributed by atoms with Crippen molar-refractivity contribution >= 4 is 11.9 Å². The molecule has 168 valence electrons. The number of benzene rings is 1. The van der Waals surface area contributed by atoms with E-state index in [0.717, 1.165) is 5.56 Å². The summed E-state index contributed by atoms with van der Waals surface area (Å²) in [5.41, 5.74) is -0.677. The van der Waals surface area contributed by atoms with Gasteiger partial charge in [-0.1, -0.05) is 6.07 Å². The number of carboxylic acids is 1. The molecular formula is C22H27NO8. The van der Waals surface area contributed by atoms with Crippen LogP contribution in [-0.2, 0) is 19.7 Å². The largest absolute Gasteiger partial charge is 0.504 e. The van der Waals surface area contributed by atoms with Crippen molar-refractivity contribution in [2.24, 2.45) is 0 Å². The molecule has 9 nitrogen and oxygen atoms in total. The van der Waals surface area contributed by atoms with Gasteiger partial charge < -0.3 is 34.8 Å². The lowest BCUT2D eigenvalue weighted by atomic mass is 9.54. The minimum absolute atomic E-state index is 0.0646. The molecule has 0 saturated carbocycles. The number of fused-ring (bicyclic) bond motifs is 1. The van der Waals surface area contributed by atoms with Crippen molar-refractivity contribution < 1.29 is 39.5 Å². The lowest BCUT2D eigenvalue weighted by Gasteiger charge is -2.58. The van der Waals surface area contributed by atoms with Crippen molar-refractivity contribution in [3.05, 3.63) is 35.1 Å². The fraction of sp³-hybridized carbons (Fsp3) is 0.545. The first kappa shape index (κ1) is 21.6. The molecule has 1 aromatic rings. The number of aliphatic carboxylic acids is 1. The van der Waals surface area contributed by atoms with Gasteiger partial charge in [0, 0.05) is 18.0 Å². The van der Waals surface area contributed by atoms with Crippen LogP contribution >= 0.6 is 0 Å². The number of piperidine rings is 1. The zero-order valence-corrected chi connectivity index (χ0v) is 17.7. The number of hydrogen-bond acceptors (Lipinski definition) is 8. The molecule has 2 heterocycles. The molecule has 5 atom stereocenters. The van der Waals surface area contributed by atoms with Crippen molar-refractivity contribution in [2.45, 2.75) is 62.4 Å². The lowest BCUT2D eigenvalue weighted by molar-refractivity contribution is -0.164. The van der Waals surface area contributed by atoms with Crippen molar-refractivity contribution in [1.29, 1.82) is 0 Å². The fourth-order valence-electron chi connectivity index (χ4n) is 5.42. The monoisotopic (exact) mass is 433 g/mol. The number of ether oxygens (including phenoxy) is 2. The Balaban J connectivity index is 1.80. The number of esters is 1. The highest BCUT2D eigenvalue weighted by atomic mass is 16.6. The maximum Gasteiger partial charge on any atom is 0.333 e. The van der Waals surface area contributed by atoms with Gasteiger partial charge >= 0.3 is 11.9 Å². The van der Waals surface area contributed by atoms with E-state index in [1.54, 1.807) is 12.1 Å². The van der Waals surface area contributed by atoms with Crippen molar-refractivity contribution in [2.75, 3.05) is 13.6 Å². The first-order chi connectivity index (χ1) is 14.5. The minimum atomic E-state index is -1.88. The minimum Gasteiger partial charge on any atom is -0.504 e. The highest BCUT2D eigenvalue weighted by Crippen LogP contribution is 2.62. The molecule has 1 saturated heterocycles. The highest BCUT2D eigenvalue weighted by Gasteiger charge is 2.69. The smallest absolute Gasteiger partial charge is 0.333 e. The Bertz CT molecular complexity index is 975. The van der Waals surface area contributed by atoms with E-state index in [0.29, 0.717) is 18.5 Å². The third-order valence-electron chi connectivity index (χ3n) is 7.21. The predicted octanol–water partition coefficient (Wildman–Crippen LogP) is 0.821. The van der Waals surface area contributed by atoms with Gasteiger partial charge in [0.2, 0.25) is 0 Å². The van der Waals surface area contributed by atoms with Gasteiger partial charge in [-0.2, -0.15) is 0 Å². The van der Waals surface area contributed by atoms with Crippen LogP contribution in [0.5, 0.6) is 11.5 Å². The number of aliphatic hydroxyl groups is 2. The molecular weight excluding hydrogens is 406 g/mol. The molecule has 1 aromatic carbocycles. The van der Waals surface area contributed by atoms with Crippen LogP contribution < -0.4 is 4.74 Å². The van der Waals surface area contributed by atoms with E-state index in [1.165, 1.54) is 6.07 Å². The number of aryl methyl sites for hydroxylation is 1. The molecule has 4 rings (SSSR count). The summed E-state index contributed by atoms with van der Waals surface area (Å²) >= 11 is 0. The van der Waals surface area contributed by atoms with Crippen LogP contribution in [0.1, 0.15) is 37.3 Å². The molecule has 0 aromatic heterocycles. The molecule has 0 radical (unpaired) electrons. The topological polar surface area (TPSA) is 137 Å². The van der Waals surface area contributed by atoms with Crippen LogP contribution in [0.3, 0.4) is 0 Å². The Morgan fingerprint density at radius 2 is 2.10 bits per heavy atom. The van der Waals surface area contributed by atoms with Crippen LogP contribution in [0.2, 0.25) is 0 Å². The fourth-order valence-corrected chi connectivity index (χ4v) is 5.42. The number of carbonyl (C=O) groups excluding carboxylic acids is 1. The number of likely N-dealkylation sites (N-methyl/N-ethyl adjacent to an activating group) is 1. The molecule has 2 unspecified atom stereocenters. The second-order valence-electron chi connectivity index (χ2n) is 8.75. The first-order valence-electron chi connectivity index (χ1n) is 10.3. The SMILES string of the molecule is Cc1ccc(O)c2c1C13CCN(C)[C@H](C)[C@]1(O)CC=C(OC(=O)C[C@H](O)C(=O)O)C3O2. The third kappa shape index (κ3) is 2.95. The molecule has 1 aliphatic carbocycles. The lowest BCUT2D eigenvalue weighted by Crippen LogP contribution is -2.71. The second kappa shape index (κ2) is 7.22. The highest BCUT2D eigenvalue weighted by molar-refractivity contribution is 5.81. The molecule has 2 aliphatic heterocycles. The third-order valence-corrected chi connectivity index (χ3v) is 7.21. The van der Waals surface area contributed by atoms with E-state index in [-0.39, 0.29) is 29.7 Å². The van der Waals surface area contributed by atoms with Gasteiger partial charge in [0.15, 0.2) is 23.7 Å². The molecule has 0 amide bonds. The summed E-state index contributed by atoms with van der Waals surface area (Å²) in [5, 5.41) is 40.8. The number of phenols is 1. The van der Waals surface area contributed by atoms with E-state index in [2.05, 4.69) is 4.90 Å². The van der Waals surface area contributed by atoms with Gasteiger partial charge in [0.1, 0.15) is 5.76 Å². The van der Waals surface area contributed by atoms with Crippen LogP contribution in [0, 0.1) is 6.92 Å². The van der Waals surface area contributed by atoms with E-state index in [9.17, 15) is 24.9 Å². The van der Waals surface area contributed by atoms with Crippen LogP contribution in [0.4, 0.5) is 0 Å². The predicted molar refractivity (Wildman–Crippen MR) is 108 cm³/mol. The van der Waals surface area contributed by atoms with Gasteiger partial charge in [-0.05, 0) is 51.6 Å². The van der Waals surface area contributed by atoms with Gasteiger partial charge in [-0.25, -0.2) is 4.79 Å². The second-order valence-corrected chi connectivity index (χ2v) is 8.75. The Labute approximate surface area is 179 Å². The van der Waals surface area contributed by atoms with E-state index < -0.39 is 41.6 Å². The quantitative estimate of drug-likeness (QED) is 0.509. The standard InChI is InChI=1S/C22H27NO8/c1-11-4-5-13(24)18-17(11)21-8-9-23(3)12(2)22(21,29)7-6-15(19(21)31-18)30-16(26)10-14(25)20(27)28/h4-6,12,14,19,24-25,29H,7-10H2,1-3H3,(H,27,28)/t12-,14+,19?,21?,22-/m1/s1. The number of aliphatic hydroxyl groups excluding tert-OH is 1. The molecule has 0 bridgehead atoms. The number of hydrogen-bond donors (Lipinski definition) is 4. The zero-order valence-electron chi connectivity index (χ0n) is 17.7.